The summed E-state index contributed by atoms with van der Waals surface area (Å²) in [6, 6.07) is 1.06. The number of alkyl halides is 1. The fraction of sp³-hybridized carbons (Fsp3) is 0.556. The summed E-state index contributed by atoms with van der Waals surface area (Å²) in [5.41, 5.74) is -1.39. The van der Waals surface area contributed by atoms with E-state index in [9.17, 15) is 24.2 Å². The summed E-state index contributed by atoms with van der Waals surface area (Å²) in [6.45, 7) is -0.979. The van der Waals surface area contributed by atoms with E-state index in [0.717, 1.165) is 16.8 Å². The summed E-state index contributed by atoms with van der Waals surface area (Å²) in [5, 5.41) is 19.0. The molecule has 4 atom stereocenters. The molecule has 1 aliphatic rings. The molecule has 0 bridgehead atoms. The van der Waals surface area contributed by atoms with E-state index >= 15 is 0 Å². The maximum absolute atomic E-state index is 12.4. The lowest BCUT2D eigenvalue weighted by Crippen LogP contribution is -2.37. The minimum atomic E-state index is -1.43. The Labute approximate surface area is 94.1 Å². The second-order valence-corrected chi connectivity index (χ2v) is 3.72. The summed E-state index contributed by atoms with van der Waals surface area (Å²) >= 11 is 0. The largest absolute Gasteiger partial charge is 0.387 e. The Morgan fingerprint density at radius 1 is 1.41 bits per heavy atom. The summed E-state index contributed by atoms with van der Waals surface area (Å²) < 4.78 is 18.3. The van der Waals surface area contributed by atoms with Crippen LogP contribution in [0.4, 0.5) is 4.39 Å². The Balaban J connectivity index is 2.35. The SMILES string of the molecule is O=c1ccn([C@H]2O[C@@H](CF)[C@@H](O)[C@@H]2O)c(=O)[nH]1. The molecule has 1 saturated heterocycles. The van der Waals surface area contributed by atoms with E-state index in [4.69, 9.17) is 4.74 Å². The predicted molar refractivity (Wildman–Crippen MR) is 53.2 cm³/mol. The number of aromatic nitrogens is 2. The second-order valence-electron chi connectivity index (χ2n) is 3.72. The van der Waals surface area contributed by atoms with E-state index in [1.165, 1.54) is 0 Å². The highest BCUT2D eigenvalue weighted by Crippen LogP contribution is 2.28. The molecule has 1 aliphatic heterocycles. The number of hydrogen-bond donors (Lipinski definition) is 3. The van der Waals surface area contributed by atoms with Crippen LogP contribution < -0.4 is 11.2 Å². The molecule has 1 aromatic rings. The van der Waals surface area contributed by atoms with Crippen molar-refractivity contribution in [3.63, 3.8) is 0 Å². The van der Waals surface area contributed by atoms with Gasteiger partial charge in [0.15, 0.2) is 6.23 Å². The van der Waals surface area contributed by atoms with Crippen LogP contribution in [0.25, 0.3) is 0 Å². The van der Waals surface area contributed by atoms with Crippen LogP contribution in [0.15, 0.2) is 21.9 Å². The molecule has 0 unspecified atom stereocenters. The predicted octanol–water partition coefficient (Wildman–Crippen LogP) is -1.87. The first-order chi connectivity index (χ1) is 8.04. The summed E-state index contributed by atoms with van der Waals surface area (Å²) in [5.74, 6) is 0. The van der Waals surface area contributed by atoms with Crippen molar-refractivity contribution < 1.29 is 19.3 Å². The smallest absolute Gasteiger partial charge is 0.330 e. The van der Waals surface area contributed by atoms with Gasteiger partial charge in [0.25, 0.3) is 5.56 Å². The van der Waals surface area contributed by atoms with Crippen LogP contribution in [0.3, 0.4) is 0 Å². The number of rotatable bonds is 2. The normalized spacial score (nSPS) is 32.9. The molecule has 0 radical (unpaired) electrons. The average molecular weight is 246 g/mol. The molecule has 0 amide bonds. The molecule has 3 N–H and O–H groups in total. The maximum Gasteiger partial charge on any atom is 0.330 e. The van der Waals surface area contributed by atoms with Crippen LogP contribution in [-0.4, -0.2) is 44.8 Å². The fourth-order valence-corrected chi connectivity index (χ4v) is 1.71. The number of halogens is 1. The van der Waals surface area contributed by atoms with Gasteiger partial charge >= 0.3 is 5.69 Å². The topological polar surface area (TPSA) is 105 Å². The third kappa shape index (κ3) is 2.02. The first-order valence-electron chi connectivity index (χ1n) is 4.93. The van der Waals surface area contributed by atoms with Gasteiger partial charge < -0.3 is 14.9 Å². The molecule has 2 heterocycles. The van der Waals surface area contributed by atoms with E-state index in [-0.39, 0.29) is 0 Å². The van der Waals surface area contributed by atoms with E-state index in [0.29, 0.717) is 0 Å². The van der Waals surface area contributed by atoms with Gasteiger partial charge in [-0.05, 0) is 0 Å². The van der Waals surface area contributed by atoms with Gasteiger partial charge in [0.2, 0.25) is 0 Å². The van der Waals surface area contributed by atoms with Crippen molar-refractivity contribution in [1.82, 2.24) is 9.55 Å². The lowest BCUT2D eigenvalue weighted by Gasteiger charge is -2.16. The molecule has 0 spiro atoms. The Morgan fingerprint density at radius 2 is 2.12 bits per heavy atom. The zero-order valence-corrected chi connectivity index (χ0v) is 8.62. The molecule has 0 saturated carbocycles. The third-order valence-electron chi connectivity index (χ3n) is 2.61. The lowest BCUT2D eigenvalue weighted by atomic mass is 10.1. The van der Waals surface area contributed by atoms with Crippen molar-refractivity contribution in [2.24, 2.45) is 0 Å². The highest BCUT2D eigenvalue weighted by molar-refractivity contribution is 4.92. The number of aromatic amines is 1. The van der Waals surface area contributed by atoms with Crippen molar-refractivity contribution in [2.45, 2.75) is 24.5 Å². The molecule has 0 aromatic carbocycles. The molecular weight excluding hydrogens is 235 g/mol. The molecule has 1 fully saturated rings. The van der Waals surface area contributed by atoms with Crippen LogP contribution in [0.1, 0.15) is 6.23 Å². The number of aliphatic hydroxyl groups is 2. The van der Waals surface area contributed by atoms with Crippen molar-refractivity contribution in [3.05, 3.63) is 33.1 Å². The lowest BCUT2D eigenvalue weighted by molar-refractivity contribution is -0.0454. The maximum atomic E-state index is 12.4. The Morgan fingerprint density at radius 3 is 2.65 bits per heavy atom. The van der Waals surface area contributed by atoms with Crippen LogP contribution >= 0.6 is 0 Å². The third-order valence-corrected chi connectivity index (χ3v) is 2.61. The van der Waals surface area contributed by atoms with Gasteiger partial charge in [-0.25, -0.2) is 9.18 Å². The second kappa shape index (κ2) is 4.40. The van der Waals surface area contributed by atoms with Crippen molar-refractivity contribution in [2.75, 3.05) is 6.67 Å². The first-order valence-corrected chi connectivity index (χ1v) is 4.93. The van der Waals surface area contributed by atoms with E-state index in [2.05, 4.69) is 0 Å². The monoisotopic (exact) mass is 246 g/mol. The Hall–Kier alpha value is -1.51. The summed E-state index contributed by atoms with van der Waals surface area (Å²) in [6.07, 6.45) is -4.13. The number of H-pyrrole nitrogens is 1. The molecular formula is C9H11FN2O5. The molecule has 2 rings (SSSR count). The number of nitrogens with one attached hydrogen (secondary N) is 1. The molecule has 94 valence electrons. The average Bonchev–Trinajstić information content (AvgIpc) is 2.57. The van der Waals surface area contributed by atoms with Crippen LogP contribution in [0, 0.1) is 0 Å². The molecule has 1 aromatic heterocycles. The highest BCUT2D eigenvalue weighted by atomic mass is 19.1. The van der Waals surface area contributed by atoms with Crippen molar-refractivity contribution >= 4 is 0 Å². The van der Waals surface area contributed by atoms with Crippen LogP contribution in [0.2, 0.25) is 0 Å². The van der Waals surface area contributed by atoms with Crippen molar-refractivity contribution in [3.8, 4) is 0 Å². The van der Waals surface area contributed by atoms with Gasteiger partial charge in [0.05, 0.1) is 0 Å². The van der Waals surface area contributed by atoms with E-state index in [1.807, 2.05) is 4.98 Å². The number of ether oxygens (including phenoxy) is 1. The fourth-order valence-electron chi connectivity index (χ4n) is 1.71. The Bertz CT molecular complexity index is 513. The Kier molecular flexibility index (Phi) is 3.09. The summed E-state index contributed by atoms with van der Waals surface area (Å²) in [4.78, 5) is 24.2. The number of nitrogens with zero attached hydrogens (tertiary/aromatic N) is 1. The quantitative estimate of drug-likeness (QED) is 0.567. The minimum absolute atomic E-state index is 0.596. The van der Waals surface area contributed by atoms with Crippen molar-refractivity contribution in [1.29, 1.82) is 0 Å². The van der Waals surface area contributed by atoms with Gasteiger partial charge in [-0.1, -0.05) is 0 Å². The molecule has 0 aliphatic carbocycles. The standard InChI is InChI=1S/C9H11FN2O5/c10-3-4-6(14)7(15)8(17-4)12-2-1-5(13)11-9(12)16/h1-2,4,6-8,14-15H,3H2,(H,11,13,16)/t4-,6+,7-,8-/m0/s1. The highest BCUT2D eigenvalue weighted by Gasteiger charge is 2.43. The van der Waals surface area contributed by atoms with Crippen LogP contribution in [0.5, 0.6) is 0 Å². The molecule has 8 heteroatoms. The van der Waals surface area contributed by atoms with Gasteiger partial charge in [-0.2, -0.15) is 0 Å². The van der Waals surface area contributed by atoms with Gasteiger partial charge in [-0.15, -0.1) is 0 Å². The minimum Gasteiger partial charge on any atom is -0.387 e. The van der Waals surface area contributed by atoms with E-state index in [1.54, 1.807) is 0 Å². The summed E-state index contributed by atoms with van der Waals surface area (Å²) in [7, 11) is 0. The van der Waals surface area contributed by atoms with Gasteiger partial charge in [-0.3, -0.25) is 14.3 Å². The van der Waals surface area contributed by atoms with Crippen LogP contribution in [-0.2, 0) is 4.74 Å². The molecule has 17 heavy (non-hydrogen) atoms. The molecule has 7 nitrogen and oxygen atoms in total. The zero-order valence-electron chi connectivity index (χ0n) is 8.62. The van der Waals surface area contributed by atoms with Gasteiger partial charge in [0.1, 0.15) is 25.0 Å². The zero-order chi connectivity index (χ0) is 12.6. The number of aliphatic hydroxyl groups excluding tert-OH is 2. The van der Waals surface area contributed by atoms with E-state index < -0.39 is 42.5 Å². The van der Waals surface area contributed by atoms with Gasteiger partial charge in [0, 0.05) is 12.3 Å². The first kappa shape index (κ1) is 12.0. The number of hydrogen-bond acceptors (Lipinski definition) is 5.